The van der Waals surface area contributed by atoms with E-state index in [0.717, 1.165) is 47.9 Å². The maximum atomic E-state index is 14.7. The Morgan fingerprint density at radius 1 is 0.733 bits per heavy atom. The van der Waals surface area contributed by atoms with E-state index in [1.807, 2.05) is 24.3 Å². The van der Waals surface area contributed by atoms with Gasteiger partial charge in [-0.2, -0.15) is 13.2 Å². The Balaban J connectivity index is 1.52. The summed E-state index contributed by atoms with van der Waals surface area (Å²) in [5, 5.41) is 0. The second kappa shape index (κ2) is 17.6. The van der Waals surface area contributed by atoms with Crippen molar-refractivity contribution in [2.24, 2.45) is 5.92 Å². The first-order valence-corrected chi connectivity index (χ1v) is 15.6. The van der Waals surface area contributed by atoms with Gasteiger partial charge in [0.15, 0.2) is 6.10 Å². The van der Waals surface area contributed by atoms with Gasteiger partial charge in [0.2, 0.25) is 0 Å². The smallest absolute Gasteiger partial charge is 0.425 e. The fraction of sp³-hybridized carbons (Fsp3) is 0.444. The molecule has 9 heteroatoms. The molecule has 0 saturated heterocycles. The molecule has 1 atom stereocenters. The highest BCUT2D eigenvalue weighted by Crippen LogP contribution is 2.29. The second-order valence-electron chi connectivity index (χ2n) is 11.5. The predicted molar refractivity (Wildman–Crippen MR) is 166 cm³/mol. The Kier molecular flexibility index (Phi) is 13.9. The molecule has 0 radical (unpaired) electrons. The molecule has 0 aliphatic carbocycles. The van der Waals surface area contributed by atoms with Crippen molar-refractivity contribution in [1.29, 1.82) is 0 Å². The van der Waals surface area contributed by atoms with Crippen LogP contribution in [0.5, 0.6) is 11.5 Å². The lowest BCUT2D eigenvalue weighted by molar-refractivity contribution is -0.206. The summed E-state index contributed by atoms with van der Waals surface area (Å²) in [4.78, 5) is 25.0. The molecule has 0 amide bonds. The second-order valence-corrected chi connectivity index (χ2v) is 11.5. The van der Waals surface area contributed by atoms with Gasteiger partial charge in [-0.3, -0.25) is 0 Å². The van der Waals surface area contributed by atoms with Crippen molar-refractivity contribution in [3.8, 4) is 22.6 Å². The van der Waals surface area contributed by atoms with Crippen LogP contribution in [0.2, 0.25) is 0 Å². The van der Waals surface area contributed by atoms with Gasteiger partial charge in [0, 0.05) is 6.07 Å². The maximum Gasteiger partial charge on any atom is 0.425 e. The van der Waals surface area contributed by atoms with Crippen molar-refractivity contribution in [2.75, 3.05) is 6.61 Å². The molecule has 0 saturated carbocycles. The van der Waals surface area contributed by atoms with E-state index in [4.69, 9.17) is 9.47 Å². The predicted octanol–water partition coefficient (Wildman–Crippen LogP) is 10.4. The average molecular weight is 631 g/mol. The van der Waals surface area contributed by atoms with Gasteiger partial charge in [0.25, 0.3) is 0 Å². The molecule has 3 rings (SSSR count). The molecule has 3 aromatic carbocycles. The number of ether oxygens (including phenoxy) is 3. The van der Waals surface area contributed by atoms with Crippen LogP contribution in [-0.4, -0.2) is 30.8 Å². The van der Waals surface area contributed by atoms with Crippen LogP contribution in [0.25, 0.3) is 11.1 Å². The number of hydrogen-bond donors (Lipinski definition) is 0. The van der Waals surface area contributed by atoms with Gasteiger partial charge >= 0.3 is 18.1 Å². The highest BCUT2D eigenvalue weighted by molar-refractivity contribution is 5.92. The number of benzene rings is 3. The third kappa shape index (κ3) is 11.9. The maximum absolute atomic E-state index is 14.7. The number of halogens is 4. The Morgan fingerprint density at radius 3 is 1.89 bits per heavy atom. The Labute approximate surface area is 262 Å². The van der Waals surface area contributed by atoms with Crippen LogP contribution in [0.1, 0.15) is 99.3 Å². The summed E-state index contributed by atoms with van der Waals surface area (Å²) in [6, 6.07) is 17.1. The first kappa shape index (κ1) is 35.6. The Hall–Kier alpha value is -3.88. The molecule has 0 aliphatic rings. The van der Waals surface area contributed by atoms with E-state index >= 15 is 0 Å². The number of esters is 2. The topological polar surface area (TPSA) is 61.8 Å². The SMILES string of the molecule is CCCCCCCCCOc1ccc(-c2ccc(C(=O)Oc3ccc(C(=O)O[C@H](CCC(C)C)C(F)(F)F)c(F)c3)cc2)cc1. The van der Waals surface area contributed by atoms with Gasteiger partial charge in [-0.15, -0.1) is 0 Å². The van der Waals surface area contributed by atoms with E-state index in [9.17, 15) is 27.2 Å². The number of carbonyl (C=O) groups excluding carboxylic acids is 2. The van der Waals surface area contributed by atoms with E-state index in [1.165, 1.54) is 32.1 Å². The standard InChI is InChI=1S/C36H42F4O5/c1-4-5-6-7-8-9-10-23-43-29-18-16-27(17-19-29)26-12-14-28(15-13-26)34(41)44-30-20-21-31(32(37)24-30)35(42)45-33(36(38,39)40)22-11-25(2)3/h12-21,24-25,33H,4-11,22-23H2,1-3H3/t33-/m1/s1. The van der Waals surface area contributed by atoms with E-state index in [2.05, 4.69) is 11.7 Å². The summed E-state index contributed by atoms with van der Waals surface area (Å²) in [5.41, 5.74) is 1.31. The molecule has 0 bridgehead atoms. The number of hydrogen-bond acceptors (Lipinski definition) is 5. The van der Waals surface area contributed by atoms with Crippen molar-refractivity contribution in [1.82, 2.24) is 0 Å². The lowest BCUT2D eigenvalue weighted by Gasteiger charge is -2.21. The molecule has 0 fully saturated rings. The summed E-state index contributed by atoms with van der Waals surface area (Å²) in [5.74, 6) is -2.83. The van der Waals surface area contributed by atoms with Crippen molar-refractivity contribution in [2.45, 2.75) is 90.8 Å². The molecule has 0 aromatic heterocycles. The monoisotopic (exact) mass is 630 g/mol. The molecule has 45 heavy (non-hydrogen) atoms. The molecular weight excluding hydrogens is 588 g/mol. The van der Waals surface area contributed by atoms with Crippen molar-refractivity contribution < 1.29 is 41.4 Å². The first-order chi connectivity index (χ1) is 21.5. The van der Waals surface area contributed by atoms with Crippen LogP contribution in [0.3, 0.4) is 0 Å². The fourth-order valence-corrected chi connectivity index (χ4v) is 4.65. The molecule has 0 N–H and O–H groups in total. The number of carbonyl (C=O) groups is 2. The summed E-state index contributed by atoms with van der Waals surface area (Å²) in [6.07, 6.45) is 1.16. The van der Waals surface area contributed by atoms with Crippen LogP contribution in [0, 0.1) is 11.7 Å². The normalized spacial score (nSPS) is 12.2. The molecule has 3 aromatic rings. The number of rotatable bonds is 17. The zero-order valence-corrected chi connectivity index (χ0v) is 26.1. The van der Waals surface area contributed by atoms with Crippen LogP contribution < -0.4 is 9.47 Å². The van der Waals surface area contributed by atoms with Crippen LogP contribution in [0.4, 0.5) is 17.6 Å². The van der Waals surface area contributed by atoms with Crippen LogP contribution in [0.15, 0.2) is 66.7 Å². The van der Waals surface area contributed by atoms with Crippen molar-refractivity contribution >= 4 is 11.9 Å². The summed E-state index contributed by atoms with van der Waals surface area (Å²) >= 11 is 0. The quantitative estimate of drug-likeness (QED) is 0.0643. The first-order valence-electron chi connectivity index (χ1n) is 15.6. The largest absolute Gasteiger partial charge is 0.494 e. The molecule has 244 valence electrons. The average Bonchev–Trinajstić information content (AvgIpc) is 3.00. The molecule has 0 unspecified atom stereocenters. The van der Waals surface area contributed by atoms with Crippen LogP contribution in [-0.2, 0) is 4.74 Å². The van der Waals surface area contributed by atoms with E-state index in [1.54, 1.807) is 38.1 Å². The molecule has 0 spiro atoms. The van der Waals surface area contributed by atoms with Gasteiger partial charge in [-0.1, -0.05) is 83.6 Å². The zero-order chi connectivity index (χ0) is 32.8. The van der Waals surface area contributed by atoms with E-state index < -0.39 is 42.0 Å². The third-order valence-electron chi connectivity index (χ3n) is 7.32. The molecule has 0 heterocycles. The summed E-state index contributed by atoms with van der Waals surface area (Å²) in [6.45, 7) is 6.38. The Morgan fingerprint density at radius 2 is 1.31 bits per heavy atom. The molecular formula is C36H42F4O5. The van der Waals surface area contributed by atoms with Gasteiger partial charge in [0.05, 0.1) is 17.7 Å². The number of alkyl halides is 3. The van der Waals surface area contributed by atoms with Gasteiger partial charge in [-0.25, -0.2) is 14.0 Å². The fourth-order valence-electron chi connectivity index (χ4n) is 4.65. The van der Waals surface area contributed by atoms with Gasteiger partial charge in [0.1, 0.15) is 17.3 Å². The lowest BCUT2D eigenvalue weighted by Crippen LogP contribution is -2.34. The minimum Gasteiger partial charge on any atom is -0.494 e. The molecule has 0 aliphatic heterocycles. The van der Waals surface area contributed by atoms with Crippen LogP contribution >= 0.6 is 0 Å². The lowest BCUT2D eigenvalue weighted by atomic mass is 10.0. The summed E-state index contributed by atoms with van der Waals surface area (Å²) < 4.78 is 70.3. The highest BCUT2D eigenvalue weighted by Gasteiger charge is 2.42. The van der Waals surface area contributed by atoms with Crippen molar-refractivity contribution in [3.05, 3.63) is 83.7 Å². The zero-order valence-electron chi connectivity index (χ0n) is 26.1. The summed E-state index contributed by atoms with van der Waals surface area (Å²) in [7, 11) is 0. The van der Waals surface area contributed by atoms with Gasteiger partial charge in [-0.05, 0) is 72.7 Å². The van der Waals surface area contributed by atoms with E-state index in [0.29, 0.717) is 6.61 Å². The highest BCUT2D eigenvalue weighted by atomic mass is 19.4. The number of unbranched alkanes of at least 4 members (excludes halogenated alkanes) is 6. The van der Waals surface area contributed by atoms with E-state index in [-0.39, 0.29) is 23.7 Å². The van der Waals surface area contributed by atoms with Crippen molar-refractivity contribution in [3.63, 3.8) is 0 Å². The minimum absolute atomic E-state index is 0.0358. The third-order valence-corrected chi connectivity index (χ3v) is 7.32. The Bertz CT molecular complexity index is 1350. The molecule has 5 nitrogen and oxygen atoms in total. The minimum atomic E-state index is -4.78. The van der Waals surface area contributed by atoms with Gasteiger partial charge < -0.3 is 14.2 Å².